The molecule has 0 fully saturated rings. The third-order valence-corrected chi connectivity index (χ3v) is 3.80. The maximum absolute atomic E-state index is 12.0. The van der Waals surface area contributed by atoms with Gasteiger partial charge in [0.15, 0.2) is 5.78 Å². The van der Waals surface area contributed by atoms with E-state index in [-0.39, 0.29) is 5.78 Å². The molecule has 0 bridgehead atoms. The number of carbonyl (C=O) groups is 1. The van der Waals surface area contributed by atoms with Crippen molar-refractivity contribution in [2.75, 3.05) is 5.75 Å². The van der Waals surface area contributed by atoms with Crippen LogP contribution in [0.25, 0.3) is 0 Å². The fourth-order valence-corrected chi connectivity index (χ4v) is 2.31. The van der Waals surface area contributed by atoms with Crippen LogP contribution in [0, 0.1) is 0 Å². The first-order chi connectivity index (χ1) is 9.65. The Labute approximate surface area is 124 Å². The summed E-state index contributed by atoms with van der Waals surface area (Å²) >= 11 is 1.66. The number of Topliss-reactive ketones (excluding diaryl/α,β-unsaturated/α-hetero) is 1. The van der Waals surface area contributed by atoms with Gasteiger partial charge in [0.2, 0.25) is 0 Å². The monoisotopic (exact) mass is 286 g/mol. The first kappa shape index (κ1) is 14.7. The maximum atomic E-state index is 12.0. The van der Waals surface area contributed by atoms with E-state index in [1.54, 1.807) is 11.8 Å². The first-order valence-electron chi connectivity index (χ1n) is 6.63. The summed E-state index contributed by atoms with van der Waals surface area (Å²) in [7, 11) is 0. The molecular weight excluding hydrogens is 268 g/mol. The maximum Gasteiger partial charge on any atom is 0.172 e. The van der Waals surface area contributed by atoms with Gasteiger partial charge in [-0.05, 0) is 41.6 Å². The van der Waals surface area contributed by atoms with Gasteiger partial charge >= 0.3 is 0 Å². The highest BCUT2D eigenvalue weighted by molar-refractivity contribution is 8.00. The van der Waals surface area contributed by atoms with Crippen molar-refractivity contribution in [2.45, 2.75) is 19.1 Å². The minimum Gasteiger partial charge on any atom is -0.457 e. The molecule has 20 heavy (non-hydrogen) atoms. The molecule has 104 valence electrons. The molecule has 0 spiro atoms. The van der Waals surface area contributed by atoms with Gasteiger partial charge in [0.25, 0.3) is 0 Å². The third-order valence-electron chi connectivity index (χ3n) is 2.70. The quantitative estimate of drug-likeness (QED) is 0.713. The van der Waals surface area contributed by atoms with Crippen LogP contribution in [-0.2, 0) is 0 Å². The Kier molecular flexibility index (Phi) is 5.24. The van der Waals surface area contributed by atoms with Gasteiger partial charge in [-0.1, -0.05) is 32.0 Å². The molecule has 0 saturated heterocycles. The average molecular weight is 286 g/mol. The molecule has 2 rings (SSSR count). The number of para-hydroxylation sites is 1. The molecule has 2 nitrogen and oxygen atoms in total. The van der Waals surface area contributed by atoms with Crippen LogP contribution in [-0.4, -0.2) is 16.8 Å². The van der Waals surface area contributed by atoms with E-state index < -0.39 is 0 Å². The fourth-order valence-electron chi connectivity index (χ4n) is 1.66. The van der Waals surface area contributed by atoms with Crippen LogP contribution in [0.15, 0.2) is 54.6 Å². The Morgan fingerprint density at radius 1 is 1.00 bits per heavy atom. The lowest BCUT2D eigenvalue weighted by Crippen LogP contribution is -2.04. The lowest BCUT2D eigenvalue weighted by molar-refractivity contribution is 0.102. The predicted molar refractivity (Wildman–Crippen MR) is 84.9 cm³/mol. The van der Waals surface area contributed by atoms with Crippen molar-refractivity contribution in [3.63, 3.8) is 0 Å². The summed E-state index contributed by atoms with van der Waals surface area (Å²) in [5.74, 6) is 2.22. The Morgan fingerprint density at radius 3 is 2.20 bits per heavy atom. The molecule has 2 aromatic carbocycles. The number of rotatable bonds is 6. The number of hydrogen-bond donors (Lipinski definition) is 0. The van der Waals surface area contributed by atoms with Crippen molar-refractivity contribution in [3.8, 4) is 11.5 Å². The van der Waals surface area contributed by atoms with Crippen molar-refractivity contribution in [1.82, 2.24) is 0 Å². The van der Waals surface area contributed by atoms with E-state index in [2.05, 4.69) is 13.8 Å². The zero-order chi connectivity index (χ0) is 14.4. The Balaban J connectivity index is 1.97. The highest BCUT2D eigenvalue weighted by Gasteiger charge is 2.07. The molecule has 0 atom stereocenters. The molecule has 0 aliphatic carbocycles. The second-order valence-corrected chi connectivity index (χ2v) is 6.29. The summed E-state index contributed by atoms with van der Waals surface area (Å²) in [6.45, 7) is 4.18. The summed E-state index contributed by atoms with van der Waals surface area (Å²) in [6.07, 6.45) is 0. The van der Waals surface area contributed by atoms with Crippen LogP contribution in [0.3, 0.4) is 0 Å². The summed E-state index contributed by atoms with van der Waals surface area (Å²) in [4.78, 5) is 12.0. The molecule has 0 radical (unpaired) electrons. The van der Waals surface area contributed by atoms with Crippen molar-refractivity contribution < 1.29 is 9.53 Å². The fraction of sp³-hybridized carbons (Fsp3) is 0.235. The molecule has 0 saturated carbocycles. The Morgan fingerprint density at radius 2 is 1.60 bits per heavy atom. The second kappa shape index (κ2) is 7.15. The Bertz CT molecular complexity index is 547. The van der Waals surface area contributed by atoms with Crippen molar-refractivity contribution in [1.29, 1.82) is 0 Å². The van der Waals surface area contributed by atoms with Crippen LogP contribution in [0.5, 0.6) is 11.5 Å². The first-order valence-corrected chi connectivity index (χ1v) is 7.68. The van der Waals surface area contributed by atoms with Crippen molar-refractivity contribution in [2.24, 2.45) is 0 Å². The van der Waals surface area contributed by atoms with Crippen LogP contribution in [0.4, 0.5) is 0 Å². The van der Waals surface area contributed by atoms with Gasteiger partial charge in [-0.3, -0.25) is 4.79 Å². The van der Waals surface area contributed by atoms with E-state index in [0.717, 1.165) is 17.1 Å². The summed E-state index contributed by atoms with van der Waals surface area (Å²) in [5.41, 5.74) is 0.735. The van der Waals surface area contributed by atoms with Crippen molar-refractivity contribution >= 4 is 17.5 Å². The standard InChI is InChI=1S/C17H18O2S/c1-13(2)20-12-17(18)14-8-10-16(11-9-14)19-15-6-4-3-5-7-15/h3-11,13H,12H2,1-2H3. The van der Waals surface area contributed by atoms with Gasteiger partial charge in [-0.25, -0.2) is 0 Å². The highest BCUT2D eigenvalue weighted by atomic mass is 32.2. The molecule has 0 N–H and O–H groups in total. The molecule has 0 aliphatic heterocycles. The Hall–Kier alpha value is -1.74. The van der Waals surface area contributed by atoms with Crippen LogP contribution >= 0.6 is 11.8 Å². The second-order valence-electron chi connectivity index (χ2n) is 4.72. The number of thioether (sulfide) groups is 1. The lowest BCUT2D eigenvalue weighted by Gasteiger charge is -2.07. The highest BCUT2D eigenvalue weighted by Crippen LogP contribution is 2.22. The van der Waals surface area contributed by atoms with Gasteiger partial charge in [-0.2, -0.15) is 11.8 Å². The molecule has 0 aromatic heterocycles. The van der Waals surface area contributed by atoms with Gasteiger partial charge < -0.3 is 4.74 Å². The summed E-state index contributed by atoms with van der Waals surface area (Å²) in [5, 5.41) is 0.472. The normalized spacial score (nSPS) is 10.6. The molecular formula is C17H18O2S. The van der Waals surface area contributed by atoms with E-state index in [1.165, 1.54) is 0 Å². The minimum atomic E-state index is 0.162. The summed E-state index contributed by atoms with van der Waals surface area (Å²) < 4.78 is 5.69. The van der Waals surface area contributed by atoms with Crippen LogP contribution < -0.4 is 4.74 Å². The average Bonchev–Trinajstić information content (AvgIpc) is 2.46. The van der Waals surface area contributed by atoms with Gasteiger partial charge in [-0.15, -0.1) is 0 Å². The molecule has 0 unspecified atom stereocenters. The molecule has 2 aromatic rings. The molecule has 0 aliphatic rings. The van der Waals surface area contributed by atoms with E-state index in [4.69, 9.17) is 4.74 Å². The van der Waals surface area contributed by atoms with E-state index in [9.17, 15) is 4.79 Å². The smallest absolute Gasteiger partial charge is 0.172 e. The molecule has 0 amide bonds. The zero-order valence-corrected chi connectivity index (χ0v) is 12.5. The topological polar surface area (TPSA) is 26.3 Å². The third kappa shape index (κ3) is 4.42. The molecule has 3 heteroatoms. The SMILES string of the molecule is CC(C)SCC(=O)c1ccc(Oc2ccccc2)cc1. The van der Waals surface area contributed by atoms with Crippen molar-refractivity contribution in [3.05, 3.63) is 60.2 Å². The number of ketones is 1. The van der Waals surface area contributed by atoms with Gasteiger partial charge in [0.05, 0.1) is 5.75 Å². The van der Waals surface area contributed by atoms with Gasteiger partial charge in [0.1, 0.15) is 11.5 Å². The lowest BCUT2D eigenvalue weighted by atomic mass is 10.1. The molecule has 0 heterocycles. The predicted octanol–water partition coefficient (Wildman–Crippen LogP) is 4.80. The summed E-state index contributed by atoms with van der Waals surface area (Å²) in [6, 6.07) is 16.9. The zero-order valence-electron chi connectivity index (χ0n) is 11.7. The number of benzene rings is 2. The van der Waals surface area contributed by atoms with Gasteiger partial charge in [0, 0.05) is 5.56 Å². The van der Waals surface area contributed by atoms with Crippen LogP contribution in [0.2, 0.25) is 0 Å². The number of carbonyl (C=O) groups excluding carboxylic acids is 1. The number of ether oxygens (including phenoxy) is 1. The largest absolute Gasteiger partial charge is 0.457 e. The van der Waals surface area contributed by atoms with Crippen LogP contribution in [0.1, 0.15) is 24.2 Å². The minimum absolute atomic E-state index is 0.162. The van der Waals surface area contributed by atoms with E-state index in [0.29, 0.717) is 11.0 Å². The van der Waals surface area contributed by atoms with E-state index >= 15 is 0 Å². The number of hydrogen-bond acceptors (Lipinski definition) is 3. The van der Waals surface area contributed by atoms with E-state index in [1.807, 2.05) is 54.6 Å².